The van der Waals surface area contributed by atoms with Gasteiger partial charge in [-0.05, 0) is 55.0 Å². The second kappa shape index (κ2) is 6.79. The number of pyridine rings is 1. The minimum absolute atomic E-state index is 0.171. The minimum atomic E-state index is 0.171. The Morgan fingerprint density at radius 2 is 1.90 bits per heavy atom. The summed E-state index contributed by atoms with van der Waals surface area (Å²) in [6, 6.07) is 14.6. The Labute approximate surface area is 166 Å². The number of aromatic nitrogens is 4. The van der Waals surface area contributed by atoms with Crippen LogP contribution in [-0.4, -0.2) is 24.5 Å². The van der Waals surface area contributed by atoms with E-state index in [0.717, 1.165) is 39.3 Å². The highest BCUT2D eigenvalue weighted by Crippen LogP contribution is 2.30. The van der Waals surface area contributed by atoms with E-state index < -0.39 is 0 Å². The number of fused-ring (bicyclic) bond motifs is 2. The molecule has 7 nitrogen and oxygen atoms in total. The first-order valence-electron chi connectivity index (χ1n) is 9.08. The van der Waals surface area contributed by atoms with Crippen molar-refractivity contribution in [1.29, 1.82) is 0 Å². The number of ether oxygens (including phenoxy) is 1. The van der Waals surface area contributed by atoms with E-state index in [1.54, 1.807) is 24.4 Å². The molecule has 2 aromatic carbocycles. The molecule has 0 fully saturated rings. The van der Waals surface area contributed by atoms with Crippen molar-refractivity contribution in [2.45, 2.75) is 6.92 Å². The van der Waals surface area contributed by atoms with Gasteiger partial charge in [0.1, 0.15) is 35.0 Å². The van der Waals surface area contributed by atoms with Crippen LogP contribution in [0.2, 0.25) is 0 Å². The zero-order chi connectivity index (χ0) is 19.8. The van der Waals surface area contributed by atoms with Crippen LogP contribution < -0.4 is 10.1 Å². The van der Waals surface area contributed by atoms with Gasteiger partial charge in [-0.3, -0.25) is 0 Å². The molecule has 0 aliphatic rings. The summed E-state index contributed by atoms with van der Waals surface area (Å²) in [5, 5.41) is 13.8. The molecule has 0 amide bonds. The van der Waals surface area contributed by atoms with Crippen molar-refractivity contribution in [3.8, 4) is 17.2 Å². The minimum Gasteiger partial charge on any atom is -0.508 e. The van der Waals surface area contributed by atoms with Gasteiger partial charge >= 0.3 is 0 Å². The van der Waals surface area contributed by atoms with E-state index in [9.17, 15) is 5.11 Å². The van der Waals surface area contributed by atoms with Gasteiger partial charge in [0.2, 0.25) is 0 Å². The van der Waals surface area contributed by atoms with Gasteiger partial charge in [0.25, 0.3) is 0 Å². The molecule has 0 saturated heterocycles. The molecular weight excluding hydrogens is 366 g/mol. The molecule has 0 atom stereocenters. The summed E-state index contributed by atoms with van der Waals surface area (Å²) in [5.74, 6) is 2.29. The van der Waals surface area contributed by atoms with Crippen molar-refractivity contribution in [2.24, 2.45) is 0 Å². The molecule has 3 heterocycles. The number of aromatic hydroxyl groups is 1. The van der Waals surface area contributed by atoms with Crippen LogP contribution in [0.5, 0.6) is 17.2 Å². The quantitative estimate of drug-likeness (QED) is 0.462. The van der Waals surface area contributed by atoms with Crippen molar-refractivity contribution in [3.63, 3.8) is 0 Å². The molecule has 29 heavy (non-hydrogen) atoms. The van der Waals surface area contributed by atoms with E-state index in [-0.39, 0.29) is 5.75 Å². The first-order valence-corrected chi connectivity index (χ1v) is 9.08. The van der Waals surface area contributed by atoms with Crippen LogP contribution in [-0.2, 0) is 0 Å². The normalized spacial score (nSPS) is 11.1. The number of phenols is 1. The van der Waals surface area contributed by atoms with E-state index >= 15 is 0 Å². The number of imidazole rings is 1. The van der Waals surface area contributed by atoms with E-state index in [0.29, 0.717) is 5.82 Å². The number of nitrogens with one attached hydrogen (secondary N) is 1. The van der Waals surface area contributed by atoms with Gasteiger partial charge in [0, 0.05) is 35.7 Å². The fourth-order valence-corrected chi connectivity index (χ4v) is 3.20. The Morgan fingerprint density at radius 3 is 2.79 bits per heavy atom. The van der Waals surface area contributed by atoms with E-state index in [4.69, 9.17) is 4.74 Å². The molecule has 2 N–H and O–H groups in total. The van der Waals surface area contributed by atoms with Crippen molar-refractivity contribution in [3.05, 3.63) is 79.0 Å². The summed E-state index contributed by atoms with van der Waals surface area (Å²) in [6.07, 6.45) is 7.05. The molecule has 5 aromatic rings. The summed E-state index contributed by atoms with van der Waals surface area (Å²) in [4.78, 5) is 12.8. The number of phenolic OH excluding ortho intramolecular Hbond substituents is 1. The Balaban J connectivity index is 1.42. The van der Waals surface area contributed by atoms with Gasteiger partial charge in [-0.2, -0.15) is 0 Å². The molecule has 0 unspecified atom stereocenters. The average molecular weight is 383 g/mol. The third kappa shape index (κ3) is 3.29. The predicted octanol–water partition coefficient (Wildman–Crippen LogP) is 4.83. The smallest absolute Gasteiger partial charge is 0.141 e. The Bertz CT molecular complexity index is 1350. The number of anilines is 2. The third-order valence-electron chi connectivity index (χ3n) is 4.65. The molecule has 0 saturated carbocycles. The highest BCUT2D eigenvalue weighted by Gasteiger charge is 2.08. The summed E-state index contributed by atoms with van der Waals surface area (Å²) in [6.45, 7) is 1.98. The van der Waals surface area contributed by atoms with Crippen molar-refractivity contribution < 1.29 is 9.84 Å². The maximum absolute atomic E-state index is 9.79. The molecule has 5 rings (SSSR count). The lowest BCUT2D eigenvalue weighted by Gasteiger charge is -2.12. The third-order valence-corrected chi connectivity index (χ3v) is 4.65. The van der Waals surface area contributed by atoms with Crippen molar-refractivity contribution >= 4 is 28.1 Å². The van der Waals surface area contributed by atoms with Crippen LogP contribution in [0.3, 0.4) is 0 Å². The predicted molar refractivity (Wildman–Crippen MR) is 111 cm³/mol. The van der Waals surface area contributed by atoms with Gasteiger partial charge < -0.3 is 19.6 Å². The number of hydrogen-bond acceptors (Lipinski definition) is 6. The number of benzene rings is 2. The fourth-order valence-electron chi connectivity index (χ4n) is 3.20. The average Bonchev–Trinajstić information content (AvgIpc) is 3.18. The fraction of sp³-hybridized carbons (Fsp3) is 0.0455. The van der Waals surface area contributed by atoms with Crippen LogP contribution in [0.25, 0.3) is 16.6 Å². The maximum Gasteiger partial charge on any atom is 0.141 e. The van der Waals surface area contributed by atoms with E-state index in [2.05, 4.69) is 20.3 Å². The molecule has 3 aromatic heterocycles. The lowest BCUT2D eigenvalue weighted by Crippen LogP contribution is -1.97. The Hall–Kier alpha value is -4.13. The van der Waals surface area contributed by atoms with Crippen molar-refractivity contribution in [1.82, 2.24) is 19.4 Å². The second-order valence-electron chi connectivity index (χ2n) is 6.69. The standard InChI is InChI=1S/C22H17N5O2/c1-14-10-15(26-22-18-11-16(28)3-4-19(18)24-13-25-22)2-5-20(14)29-17-6-8-27-9-7-23-21(27)12-17/h2-13,28H,1H3,(H,24,25,26). The summed E-state index contributed by atoms with van der Waals surface area (Å²) >= 11 is 0. The monoisotopic (exact) mass is 383 g/mol. The molecule has 0 aliphatic heterocycles. The lowest BCUT2D eigenvalue weighted by molar-refractivity contribution is 0.476. The topological polar surface area (TPSA) is 84.6 Å². The summed E-state index contributed by atoms with van der Waals surface area (Å²) in [5.41, 5.74) is 3.42. The van der Waals surface area contributed by atoms with Crippen LogP contribution in [0.4, 0.5) is 11.5 Å². The SMILES string of the molecule is Cc1cc(Nc2ncnc3ccc(O)cc23)ccc1Oc1ccn2ccnc2c1. The van der Waals surface area contributed by atoms with Crippen LogP contribution >= 0.6 is 0 Å². The lowest BCUT2D eigenvalue weighted by atomic mass is 10.2. The highest BCUT2D eigenvalue weighted by atomic mass is 16.5. The van der Waals surface area contributed by atoms with Crippen LogP contribution in [0.15, 0.2) is 73.4 Å². The maximum atomic E-state index is 9.79. The van der Waals surface area contributed by atoms with Gasteiger partial charge in [0.05, 0.1) is 5.52 Å². The zero-order valence-corrected chi connectivity index (χ0v) is 15.6. The van der Waals surface area contributed by atoms with Gasteiger partial charge in [-0.1, -0.05) is 0 Å². The van der Waals surface area contributed by atoms with E-state index in [1.165, 1.54) is 6.33 Å². The second-order valence-corrected chi connectivity index (χ2v) is 6.69. The summed E-state index contributed by atoms with van der Waals surface area (Å²) in [7, 11) is 0. The first kappa shape index (κ1) is 17.0. The Kier molecular flexibility index (Phi) is 3.98. The first-order chi connectivity index (χ1) is 14.2. The molecule has 7 heteroatoms. The molecule has 0 bridgehead atoms. The van der Waals surface area contributed by atoms with Crippen molar-refractivity contribution in [2.75, 3.05) is 5.32 Å². The molecule has 142 valence electrons. The summed E-state index contributed by atoms with van der Waals surface area (Å²) < 4.78 is 7.97. The van der Waals surface area contributed by atoms with E-state index in [1.807, 2.05) is 54.0 Å². The molecular formula is C22H17N5O2. The number of hydrogen-bond donors (Lipinski definition) is 2. The van der Waals surface area contributed by atoms with Crippen LogP contribution in [0.1, 0.15) is 5.56 Å². The number of rotatable bonds is 4. The number of nitrogens with zero attached hydrogens (tertiary/aromatic N) is 4. The molecule has 0 radical (unpaired) electrons. The number of aryl methyl sites for hydroxylation is 1. The molecule has 0 spiro atoms. The zero-order valence-electron chi connectivity index (χ0n) is 15.6. The van der Waals surface area contributed by atoms with Gasteiger partial charge in [-0.25, -0.2) is 15.0 Å². The van der Waals surface area contributed by atoms with Gasteiger partial charge in [0.15, 0.2) is 0 Å². The van der Waals surface area contributed by atoms with Gasteiger partial charge in [-0.15, -0.1) is 0 Å². The Morgan fingerprint density at radius 1 is 0.966 bits per heavy atom. The van der Waals surface area contributed by atoms with Crippen LogP contribution in [0, 0.1) is 6.92 Å². The molecule has 0 aliphatic carbocycles. The highest BCUT2D eigenvalue weighted by molar-refractivity contribution is 5.91. The largest absolute Gasteiger partial charge is 0.508 e.